The lowest BCUT2D eigenvalue weighted by atomic mass is 10.0. The molecule has 2 rings (SSSR count). The first kappa shape index (κ1) is 19.5. The number of rotatable bonds is 5. The van der Waals surface area contributed by atoms with Gasteiger partial charge in [-0.15, -0.1) is 0 Å². The second-order valence-corrected chi connectivity index (χ2v) is 8.61. The van der Waals surface area contributed by atoms with E-state index in [2.05, 4.69) is 17.9 Å². The third-order valence-electron chi connectivity index (χ3n) is 4.16. The van der Waals surface area contributed by atoms with Crippen LogP contribution in [0.3, 0.4) is 0 Å². The standard InChI is InChI=1S/C21H27NO2S/c1-18(2)15-17-22(16-7-10-20-8-5-4-6-9-20)25(23,24)21-13-11-19(3)12-14-21/h8,11-15H,4-6,9,16-17H2,1-3H3. The Hall–Kier alpha value is -1.83. The van der Waals surface area contributed by atoms with Crippen LogP contribution in [0, 0.1) is 18.8 Å². The van der Waals surface area contributed by atoms with Crippen molar-refractivity contribution in [3.05, 3.63) is 53.1 Å². The van der Waals surface area contributed by atoms with Crippen LogP contribution in [0.1, 0.15) is 45.1 Å². The lowest BCUT2D eigenvalue weighted by Gasteiger charge is -2.19. The molecule has 0 heterocycles. The van der Waals surface area contributed by atoms with Gasteiger partial charge in [-0.05, 0) is 64.2 Å². The summed E-state index contributed by atoms with van der Waals surface area (Å²) in [5.41, 5.74) is 3.27. The Morgan fingerprint density at radius 3 is 2.52 bits per heavy atom. The van der Waals surface area contributed by atoms with Crippen LogP contribution in [0.4, 0.5) is 0 Å². The highest BCUT2D eigenvalue weighted by Gasteiger charge is 2.22. The molecule has 4 heteroatoms. The summed E-state index contributed by atoms with van der Waals surface area (Å²) in [6, 6.07) is 6.98. The fraction of sp³-hybridized carbons (Fsp3) is 0.429. The first-order valence-corrected chi connectivity index (χ1v) is 10.2. The first-order valence-electron chi connectivity index (χ1n) is 8.77. The van der Waals surface area contributed by atoms with Gasteiger partial charge < -0.3 is 0 Å². The van der Waals surface area contributed by atoms with Crippen LogP contribution >= 0.6 is 0 Å². The molecule has 0 unspecified atom stereocenters. The summed E-state index contributed by atoms with van der Waals surface area (Å²) in [6.07, 6.45) is 8.57. The van der Waals surface area contributed by atoms with Crippen molar-refractivity contribution in [1.82, 2.24) is 4.31 Å². The molecule has 3 nitrogen and oxygen atoms in total. The largest absolute Gasteiger partial charge is 0.244 e. The van der Waals surface area contributed by atoms with Gasteiger partial charge in [0.2, 0.25) is 10.0 Å². The van der Waals surface area contributed by atoms with Crippen LogP contribution in [0.15, 0.2) is 52.5 Å². The van der Waals surface area contributed by atoms with Crippen LogP contribution in [-0.4, -0.2) is 25.8 Å². The summed E-state index contributed by atoms with van der Waals surface area (Å²) in [4.78, 5) is 0.318. The lowest BCUT2D eigenvalue weighted by Crippen LogP contribution is -2.32. The number of aryl methyl sites for hydroxylation is 1. The predicted molar refractivity (Wildman–Crippen MR) is 104 cm³/mol. The van der Waals surface area contributed by atoms with Gasteiger partial charge in [-0.25, -0.2) is 8.42 Å². The van der Waals surface area contributed by atoms with E-state index in [1.807, 2.05) is 39.0 Å². The number of sulfonamides is 1. The van der Waals surface area contributed by atoms with Crippen molar-refractivity contribution in [2.24, 2.45) is 0 Å². The molecule has 0 aliphatic heterocycles. The summed E-state index contributed by atoms with van der Waals surface area (Å²) < 4.78 is 27.4. The van der Waals surface area contributed by atoms with E-state index in [0.717, 1.165) is 29.6 Å². The summed E-state index contributed by atoms with van der Waals surface area (Å²) in [5, 5.41) is 0. The molecule has 0 atom stereocenters. The highest BCUT2D eigenvalue weighted by Crippen LogP contribution is 2.18. The molecule has 0 radical (unpaired) electrons. The van der Waals surface area contributed by atoms with Gasteiger partial charge in [0.15, 0.2) is 0 Å². The number of allylic oxidation sites excluding steroid dienone is 3. The van der Waals surface area contributed by atoms with Crippen molar-refractivity contribution in [1.29, 1.82) is 0 Å². The van der Waals surface area contributed by atoms with Gasteiger partial charge in [0.1, 0.15) is 0 Å². The van der Waals surface area contributed by atoms with E-state index in [-0.39, 0.29) is 6.54 Å². The third kappa shape index (κ3) is 5.88. The van der Waals surface area contributed by atoms with E-state index in [0.29, 0.717) is 11.4 Å². The van der Waals surface area contributed by atoms with E-state index in [1.54, 1.807) is 12.1 Å². The number of hydrogen-bond acceptors (Lipinski definition) is 2. The van der Waals surface area contributed by atoms with Gasteiger partial charge in [-0.2, -0.15) is 4.31 Å². The zero-order valence-corrected chi connectivity index (χ0v) is 16.2. The summed E-state index contributed by atoms with van der Waals surface area (Å²) >= 11 is 0. The maximum atomic E-state index is 13.0. The van der Waals surface area contributed by atoms with E-state index >= 15 is 0 Å². The molecular weight excluding hydrogens is 330 g/mol. The van der Waals surface area contributed by atoms with Gasteiger partial charge in [0.05, 0.1) is 11.4 Å². The molecule has 0 bridgehead atoms. The highest BCUT2D eigenvalue weighted by atomic mass is 32.2. The zero-order chi connectivity index (χ0) is 18.3. The monoisotopic (exact) mass is 357 g/mol. The minimum atomic E-state index is -3.55. The molecule has 25 heavy (non-hydrogen) atoms. The second kappa shape index (κ2) is 9.03. The fourth-order valence-corrected chi connectivity index (χ4v) is 3.87. The average molecular weight is 358 g/mol. The molecular formula is C21H27NO2S. The minimum absolute atomic E-state index is 0.206. The highest BCUT2D eigenvalue weighted by molar-refractivity contribution is 7.89. The molecule has 1 aliphatic carbocycles. The Morgan fingerprint density at radius 1 is 1.20 bits per heavy atom. The Bertz CT molecular complexity index is 802. The van der Waals surface area contributed by atoms with Crippen molar-refractivity contribution in [2.75, 3.05) is 13.1 Å². The molecule has 0 aromatic heterocycles. The number of nitrogens with zero attached hydrogens (tertiary/aromatic N) is 1. The summed E-state index contributed by atoms with van der Waals surface area (Å²) in [5.74, 6) is 6.22. The maximum Gasteiger partial charge on any atom is 0.244 e. The van der Waals surface area contributed by atoms with Gasteiger partial charge in [-0.3, -0.25) is 0 Å². The van der Waals surface area contributed by atoms with Crippen LogP contribution in [0.25, 0.3) is 0 Å². The van der Waals surface area contributed by atoms with Gasteiger partial charge in [-0.1, -0.05) is 47.3 Å². The second-order valence-electron chi connectivity index (χ2n) is 6.67. The van der Waals surface area contributed by atoms with Gasteiger partial charge >= 0.3 is 0 Å². The minimum Gasteiger partial charge on any atom is -0.207 e. The first-order chi connectivity index (χ1) is 11.9. The van der Waals surface area contributed by atoms with E-state index < -0.39 is 10.0 Å². The lowest BCUT2D eigenvalue weighted by molar-refractivity contribution is 0.477. The van der Waals surface area contributed by atoms with E-state index in [4.69, 9.17) is 0 Å². The van der Waals surface area contributed by atoms with Crippen LogP contribution in [-0.2, 0) is 10.0 Å². The quantitative estimate of drug-likeness (QED) is 0.576. The molecule has 134 valence electrons. The molecule has 0 N–H and O–H groups in total. The Kier molecular flexibility index (Phi) is 7.04. The third-order valence-corrected chi connectivity index (χ3v) is 5.98. The molecule has 0 saturated heterocycles. The Balaban J connectivity index is 2.22. The smallest absolute Gasteiger partial charge is 0.207 e. The number of hydrogen-bond donors (Lipinski definition) is 0. The predicted octanol–water partition coefficient (Wildman–Crippen LogP) is 4.46. The molecule has 0 saturated carbocycles. The Morgan fingerprint density at radius 2 is 1.92 bits per heavy atom. The van der Waals surface area contributed by atoms with Crippen molar-refractivity contribution < 1.29 is 8.42 Å². The number of benzene rings is 1. The maximum absolute atomic E-state index is 13.0. The molecule has 0 spiro atoms. The molecule has 0 amide bonds. The van der Waals surface area contributed by atoms with Crippen molar-refractivity contribution in [3.8, 4) is 11.8 Å². The SMILES string of the molecule is CC(C)=CCN(CC#CC1=CCCCC1)S(=O)(=O)c1ccc(C)cc1. The molecule has 1 aromatic rings. The topological polar surface area (TPSA) is 37.4 Å². The van der Waals surface area contributed by atoms with E-state index in [1.165, 1.54) is 17.1 Å². The molecule has 1 aliphatic rings. The zero-order valence-electron chi connectivity index (χ0n) is 15.4. The van der Waals surface area contributed by atoms with E-state index in [9.17, 15) is 8.42 Å². The molecule has 1 aromatic carbocycles. The Labute approximate surface area is 152 Å². The summed E-state index contributed by atoms with van der Waals surface area (Å²) in [6.45, 7) is 6.43. The fourth-order valence-electron chi connectivity index (χ4n) is 2.58. The van der Waals surface area contributed by atoms with Gasteiger partial charge in [0.25, 0.3) is 0 Å². The van der Waals surface area contributed by atoms with Crippen molar-refractivity contribution >= 4 is 10.0 Å². The normalized spacial score (nSPS) is 14.5. The summed E-state index contributed by atoms with van der Waals surface area (Å²) in [7, 11) is -3.55. The van der Waals surface area contributed by atoms with Crippen LogP contribution in [0.2, 0.25) is 0 Å². The average Bonchev–Trinajstić information content (AvgIpc) is 2.58. The van der Waals surface area contributed by atoms with Crippen LogP contribution < -0.4 is 0 Å². The van der Waals surface area contributed by atoms with Crippen molar-refractivity contribution in [2.45, 2.75) is 51.3 Å². The van der Waals surface area contributed by atoms with Crippen LogP contribution in [0.5, 0.6) is 0 Å². The van der Waals surface area contributed by atoms with Gasteiger partial charge in [0, 0.05) is 6.54 Å². The van der Waals surface area contributed by atoms with Crippen molar-refractivity contribution in [3.63, 3.8) is 0 Å². The molecule has 0 fully saturated rings.